The van der Waals surface area contributed by atoms with Crippen LogP contribution in [0.5, 0.6) is 0 Å². The lowest BCUT2D eigenvalue weighted by atomic mass is 10.1. The number of hydrogen-bond acceptors (Lipinski definition) is 5. The van der Waals surface area contributed by atoms with E-state index in [1.165, 1.54) is 12.0 Å². The number of thiazole rings is 1. The van der Waals surface area contributed by atoms with E-state index in [1.54, 1.807) is 11.3 Å². The van der Waals surface area contributed by atoms with Gasteiger partial charge in [-0.25, -0.2) is 9.78 Å². The van der Waals surface area contributed by atoms with Gasteiger partial charge in [0.15, 0.2) is 5.13 Å². The Bertz CT molecular complexity index is 615. The minimum atomic E-state index is -0.303. The van der Waals surface area contributed by atoms with E-state index in [9.17, 15) is 4.79 Å². The van der Waals surface area contributed by atoms with Crippen LogP contribution in [0, 0.1) is 13.8 Å². The second-order valence-corrected chi connectivity index (χ2v) is 6.43. The number of aryl methyl sites for hydroxylation is 2. The summed E-state index contributed by atoms with van der Waals surface area (Å²) in [4.78, 5) is 19.7. The summed E-state index contributed by atoms with van der Waals surface area (Å²) in [6.07, 6.45) is 1.07. The van der Waals surface area contributed by atoms with Crippen molar-refractivity contribution in [2.24, 2.45) is 0 Å². The zero-order chi connectivity index (χ0) is 16.1. The Hall–Kier alpha value is -1.88. The van der Waals surface area contributed by atoms with Crippen molar-refractivity contribution >= 4 is 22.4 Å². The number of benzene rings is 1. The van der Waals surface area contributed by atoms with Crippen LogP contribution in [0.3, 0.4) is 0 Å². The van der Waals surface area contributed by atoms with Crippen molar-refractivity contribution in [1.82, 2.24) is 4.98 Å². The fraction of sp³-hybridized carbons (Fsp3) is 0.412. The number of anilines is 1. The summed E-state index contributed by atoms with van der Waals surface area (Å²) in [6, 6.07) is 7.57. The van der Waals surface area contributed by atoms with E-state index in [0.717, 1.165) is 35.9 Å². The number of carbonyl (C=O) groups excluding carboxylic acids is 1. The van der Waals surface area contributed by atoms with Crippen molar-refractivity contribution in [2.75, 3.05) is 18.6 Å². The smallest absolute Gasteiger partial charge is 0.337 e. The normalized spacial score (nSPS) is 10.5. The molecule has 1 heterocycles. The molecule has 0 aliphatic heterocycles. The van der Waals surface area contributed by atoms with E-state index in [4.69, 9.17) is 4.74 Å². The van der Waals surface area contributed by atoms with Crippen LogP contribution in [0.15, 0.2) is 24.3 Å². The molecule has 0 fully saturated rings. The molecular formula is C17H22N2O2S. The molecule has 0 spiro atoms. The number of nitrogens with zero attached hydrogens (tertiary/aromatic N) is 2. The van der Waals surface area contributed by atoms with E-state index >= 15 is 0 Å². The molecule has 2 rings (SSSR count). The molecule has 4 nitrogen and oxygen atoms in total. The molecule has 1 aromatic heterocycles. The highest BCUT2D eigenvalue weighted by atomic mass is 32.1. The quantitative estimate of drug-likeness (QED) is 0.756. The van der Waals surface area contributed by atoms with Crippen molar-refractivity contribution < 1.29 is 9.53 Å². The van der Waals surface area contributed by atoms with E-state index in [2.05, 4.69) is 23.7 Å². The summed E-state index contributed by atoms with van der Waals surface area (Å²) >= 11 is 1.73. The van der Waals surface area contributed by atoms with Gasteiger partial charge in [0, 0.05) is 18.0 Å². The molecule has 5 heteroatoms. The molecule has 0 amide bonds. The molecule has 0 saturated heterocycles. The van der Waals surface area contributed by atoms with Crippen molar-refractivity contribution in [3.8, 4) is 0 Å². The molecule has 0 bridgehead atoms. The van der Waals surface area contributed by atoms with Crippen molar-refractivity contribution in [1.29, 1.82) is 0 Å². The maximum absolute atomic E-state index is 11.5. The highest BCUT2D eigenvalue weighted by Gasteiger charge is 2.13. The zero-order valence-corrected chi connectivity index (χ0v) is 14.4. The fourth-order valence-electron chi connectivity index (χ4n) is 2.19. The first kappa shape index (κ1) is 16.5. The minimum Gasteiger partial charge on any atom is -0.465 e. The lowest BCUT2D eigenvalue weighted by Crippen LogP contribution is -2.23. The van der Waals surface area contributed by atoms with Gasteiger partial charge in [0.25, 0.3) is 0 Å². The Morgan fingerprint density at radius 2 is 1.95 bits per heavy atom. The third-order valence-electron chi connectivity index (χ3n) is 3.53. The summed E-state index contributed by atoms with van der Waals surface area (Å²) in [5.74, 6) is -0.303. The van der Waals surface area contributed by atoms with Gasteiger partial charge in [-0.2, -0.15) is 0 Å². The van der Waals surface area contributed by atoms with Crippen LogP contribution in [0.2, 0.25) is 0 Å². The second kappa shape index (κ2) is 7.40. The van der Waals surface area contributed by atoms with Gasteiger partial charge in [-0.05, 0) is 38.0 Å². The number of esters is 1. The molecule has 1 aromatic carbocycles. The van der Waals surface area contributed by atoms with Gasteiger partial charge in [-0.1, -0.05) is 19.1 Å². The standard InChI is InChI=1S/C17H22N2O2S/c1-5-10-19(17-18-12(2)13(3)22-17)11-14-6-8-15(9-7-14)16(20)21-4/h6-9H,5,10-11H2,1-4H3. The fourth-order valence-corrected chi connectivity index (χ4v) is 3.12. The maximum Gasteiger partial charge on any atom is 0.337 e. The molecule has 0 N–H and O–H groups in total. The average molecular weight is 318 g/mol. The van der Waals surface area contributed by atoms with Gasteiger partial charge in [-0.3, -0.25) is 0 Å². The zero-order valence-electron chi connectivity index (χ0n) is 13.5. The number of ether oxygens (including phenoxy) is 1. The molecule has 0 radical (unpaired) electrons. The average Bonchev–Trinajstić information content (AvgIpc) is 2.86. The topological polar surface area (TPSA) is 42.4 Å². The van der Waals surface area contributed by atoms with Gasteiger partial charge in [0.05, 0.1) is 18.4 Å². The minimum absolute atomic E-state index is 0.303. The highest BCUT2D eigenvalue weighted by Crippen LogP contribution is 2.26. The Balaban J connectivity index is 2.15. The largest absolute Gasteiger partial charge is 0.465 e. The first-order valence-corrected chi connectivity index (χ1v) is 8.23. The van der Waals surface area contributed by atoms with Crippen molar-refractivity contribution in [3.05, 3.63) is 46.0 Å². The number of aromatic nitrogens is 1. The maximum atomic E-state index is 11.5. The SMILES string of the molecule is CCCN(Cc1ccc(C(=O)OC)cc1)c1nc(C)c(C)s1. The number of carbonyl (C=O) groups is 1. The van der Waals surface area contributed by atoms with Crippen LogP contribution in [-0.2, 0) is 11.3 Å². The van der Waals surface area contributed by atoms with Gasteiger partial charge >= 0.3 is 5.97 Å². The van der Waals surface area contributed by atoms with Crippen LogP contribution >= 0.6 is 11.3 Å². The molecule has 22 heavy (non-hydrogen) atoms. The second-order valence-electron chi connectivity index (χ2n) is 5.25. The summed E-state index contributed by atoms with van der Waals surface area (Å²) < 4.78 is 4.72. The van der Waals surface area contributed by atoms with Crippen molar-refractivity contribution in [3.63, 3.8) is 0 Å². The van der Waals surface area contributed by atoms with E-state index in [0.29, 0.717) is 5.56 Å². The van der Waals surface area contributed by atoms with Crippen LogP contribution in [0.4, 0.5) is 5.13 Å². The van der Waals surface area contributed by atoms with Gasteiger partial charge < -0.3 is 9.64 Å². The van der Waals surface area contributed by atoms with Gasteiger partial charge in [-0.15, -0.1) is 11.3 Å². The Labute approximate surface area is 135 Å². The third kappa shape index (κ3) is 3.85. The highest BCUT2D eigenvalue weighted by molar-refractivity contribution is 7.15. The van der Waals surface area contributed by atoms with Crippen LogP contribution < -0.4 is 4.90 Å². The number of rotatable bonds is 6. The molecule has 0 aliphatic carbocycles. The molecular weight excluding hydrogens is 296 g/mol. The summed E-state index contributed by atoms with van der Waals surface area (Å²) in [6.45, 7) is 8.07. The van der Waals surface area contributed by atoms with E-state index in [1.807, 2.05) is 31.2 Å². The summed E-state index contributed by atoms with van der Waals surface area (Å²) in [5, 5.41) is 1.06. The number of methoxy groups -OCH3 is 1. The van der Waals surface area contributed by atoms with Gasteiger partial charge in [0.1, 0.15) is 0 Å². The van der Waals surface area contributed by atoms with Crippen molar-refractivity contribution in [2.45, 2.75) is 33.7 Å². The lowest BCUT2D eigenvalue weighted by Gasteiger charge is -2.21. The first-order chi connectivity index (χ1) is 10.5. The molecule has 0 unspecified atom stereocenters. The van der Waals surface area contributed by atoms with Crippen LogP contribution in [0.25, 0.3) is 0 Å². The summed E-state index contributed by atoms with van der Waals surface area (Å²) in [7, 11) is 1.40. The summed E-state index contributed by atoms with van der Waals surface area (Å²) in [5.41, 5.74) is 2.84. The number of hydrogen-bond donors (Lipinski definition) is 0. The van der Waals surface area contributed by atoms with Crippen LogP contribution in [0.1, 0.15) is 39.8 Å². The van der Waals surface area contributed by atoms with Crippen LogP contribution in [-0.4, -0.2) is 24.6 Å². The predicted molar refractivity (Wildman–Crippen MR) is 90.7 cm³/mol. The molecule has 0 saturated carbocycles. The molecule has 0 aliphatic rings. The Kier molecular flexibility index (Phi) is 5.55. The molecule has 0 atom stereocenters. The predicted octanol–water partition coefficient (Wildman–Crippen LogP) is 3.96. The van der Waals surface area contributed by atoms with E-state index in [-0.39, 0.29) is 5.97 Å². The Morgan fingerprint density at radius 1 is 1.27 bits per heavy atom. The third-order valence-corrected chi connectivity index (χ3v) is 4.66. The monoisotopic (exact) mass is 318 g/mol. The molecule has 2 aromatic rings. The first-order valence-electron chi connectivity index (χ1n) is 7.41. The van der Waals surface area contributed by atoms with E-state index < -0.39 is 0 Å². The Morgan fingerprint density at radius 3 is 2.45 bits per heavy atom. The lowest BCUT2D eigenvalue weighted by molar-refractivity contribution is 0.0600. The molecule has 118 valence electrons. The van der Waals surface area contributed by atoms with Gasteiger partial charge in [0.2, 0.25) is 0 Å².